The average Bonchev–Trinajstić information content (AvgIpc) is 2.88. The third-order valence-electron chi connectivity index (χ3n) is 3.94. The zero-order valence-electron chi connectivity index (χ0n) is 12.7. The van der Waals surface area contributed by atoms with Crippen molar-refractivity contribution in [3.05, 3.63) is 59.2 Å². The first-order chi connectivity index (χ1) is 10.5. The molecule has 0 saturated carbocycles. The molecular weight excluding hydrogens is 277 g/mol. The lowest BCUT2D eigenvalue weighted by molar-refractivity contribution is 0.0993. The maximum atomic E-state index is 12.4. The van der Waals surface area contributed by atoms with Crippen LogP contribution in [-0.2, 0) is 17.7 Å². The highest BCUT2D eigenvalue weighted by atomic mass is 16.5. The van der Waals surface area contributed by atoms with E-state index in [0.29, 0.717) is 18.6 Å². The number of rotatable bonds is 4. The van der Waals surface area contributed by atoms with E-state index >= 15 is 0 Å². The summed E-state index contributed by atoms with van der Waals surface area (Å²) in [6, 6.07) is 13.3. The molecule has 1 N–H and O–H groups in total. The van der Waals surface area contributed by atoms with Crippen molar-refractivity contribution >= 4 is 24.1 Å². The standard InChI is InChI=1S/C17H18BNO3/c1-19(2)15-7-5-13(6-8-15)17(20)10-12-3-4-14-11-22-18(21)16(14)9-12/h3-9,21H,10-11H2,1-2H3. The first-order valence-electron chi connectivity index (χ1n) is 7.26. The van der Waals surface area contributed by atoms with Gasteiger partial charge in [-0.25, -0.2) is 0 Å². The smallest absolute Gasteiger partial charge is 0.423 e. The second-order valence-electron chi connectivity index (χ2n) is 5.74. The van der Waals surface area contributed by atoms with Gasteiger partial charge in [0.05, 0.1) is 6.61 Å². The summed E-state index contributed by atoms with van der Waals surface area (Å²) in [5.74, 6) is 0.0682. The van der Waals surface area contributed by atoms with Crippen LogP contribution in [0.4, 0.5) is 5.69 Å². The van der Waals surface area contributed by atoms with E-state index in [4.69, 9.17) is 4.65 Å². The molecule has 0 aliphatic carbocycles. The number of nitrogens with zero attached hydrogens (tertiary/aromatic N) is 1. The normalized spacial score (nSPS) is 13.1. The minimum atomic E-state index is -0.871. The topological polar surface area (TPSA) is 49.8 Å². The maximum absolute atomic E-state index is 12.4. The molecule has 1 aliphatic rings. The molecular formula is C17H18BNO3. The van der Waals surface area contributed by atoms with Crippen LogP contribution in [0, 0.1) is 0 Å². The van der Waals surface area contributed by atoms with E-state index in [1.54, 1.807) is 0 Å². The van der Waals surface area contributed by atoms with Crippen molar-refractivity contribution in [2.45, 2.75) is 13.0 Å². The van der Waals surface area contributed by atoms with Gasteiger partial charge in [0, 0.05) is 31.8 Å². The number of hydrogen-bond acceptors (Lipinski definition) is 4. The lowest BCUT2D eigenvalue weighted by Crippen LogP contribution is -2.28. The quantitative estimate of drug-likeness (QED) is 0.684. The Bertz CT molecular complexity index is 698. The summed E-state index contributed by atoms with van der Waals surface area (Å²) in [6.07, 6.45) is 0.321. The van der Waals surface area contributed by atoms with Crippen molar-refractivity contribution in [3.63, 3.8) is 0 Å². The van der Waals surface area contributed by atoms with Crippen LogP contribution in [0.2, 0.25) is 0 Å². The lowest BCUT2D eigenvalue weighted by atomic mass is 9.78. The van der Waals surface area contributed by atoms with E-state index in [-0.39, 0.29) is 5.78 Å². The van der Waals surface area contributed by atoms with E-state index in [0.717, 1.165) is 22.3 Å². The summed E-state index contributed by atoms with van der Waals surface area (Å²) >= 11 is 0. The molecule has 0 atom stereocenters. The Kier molecular flexibility index (Phi) is 4.01. The molecule has 0 fully saturated rings. The summed E-state index contributed by atoms with van der Waals surface area (Å²) in [6.45, 7) is 0.427. The summed E-state index contributed by atoms with van der Waals surface area (Å²) in [4.78, 5) is 14.4. The molecule has 0 bridgehead atoms. The van der Waals surface area contributed by atoms with Gasteiger partial charge >= 0.3 is 7.12 Å². The fourth-order valence-corrected chi connectivity index (χ4v) is 2.61. The van der Waals surface area contributed by atoms with Crippen LogP contribution in [-0.4, -0.2) is 32.0 Å². The molecule has 0 spiro atoms. The SMILES string of the molecule is CN(C)c1ccc(C(=O)Cc2ccc3c(c2)B(O)OC3)cc1. The molecule has 1 aliphatic heterocycles. The maximum Gasteiger partial charge on any atom is 0.491 e. The number of carbonyl (C=O) groups excluding carboxylic acids is 1. The number of ketones is 1. The Balaban J connectivity index is 1.75. The number of hydrogen-bond donors (Lipinski definition) is 1. The van der Waals surface area contributed by atoms with Gasteiger partial charge in [0.1, 0.15) is 0 Å². The van der Waals surface area contributed by atoms with Crippen molar-refractivity contribution in [1.82, 2.24) is 0 Å². The van der Waals surface area contributed by atoms with Crippen molar-refractivity contribution in [2.24, 2.45) is 0 Å². The minimum Gasteiger partial charge on any atom is -0.423 e. The fourth-order valence-electron chi connectivity index (χ4n) is 2.61. The van der Waals surface area contributed by atoms with Gasteiger partial charge in [0.2, 0.25) is 0 Å². The van der Waals surface area contributed by atoms with Gasteiger partial charge in [-0.15, -0.1) is 0 Å². The predicted octanol–water partition coefficient (Wildman–Crippen LogP) is 1.40. The van der Waals surface area contributed by atoms with Gasteiger partial charge in [-0.3, -0.25) is 4.79 Å². The second-order valence-corrected chi connectivity index (χ2v) is 5.74. The van der Waals surface area contributed by atoms with Crippen molar-refractivity contribution in [2.75, 3.05) is 19.0 Å². The van der Waals surface area contributed by atoms with Crippen molar-refractivity contribution < 1.29 is 14.5 Å². The van der Waals surface area contributed by atoms with Crippen molar-refractivity contribution in [1.29, 1.82) is 0 Å². The molecule has 0 aromatic heterocycles. The van der Waals surface area contributed by atoms with Crippen LogP contribution in [0.25, 0.3) is 0 Å². The molecule has 5 heteroatoms. The first-order valence-corrected chi connectivity index (χ1v) is 7.26. The van der Waals surface area contributed by atoms with E-state index in [1.807, 2.05) is 61.5 Å². The summed E-state index contributed by atoms with van der Waals surface area (Å²) in [5.41, 5.74) is 4.41. The van der Waals surface area contributed by atoms with Gasteiger partial charge in [-0.1, -0.05) is 18.2 Å². The zero-order valence-corrected chi connectivity index (χ0v) is 12.7. The van der Waals surface area contributed by atoms with Crippen LogP contribution in [0.3, 0.4) is 0 Å². The summed E-state index contributed by atoms with van der Waals surface area (Å²) in [7, 11) is 3.06. The Labute approximate surface area is 130 Å². The summed E-state index contributed by atoms with van der Waals surface area (Å²) in [5, 5.41) is 9.73. The van der Waals surface area contributed by atoms with Gasteiger partial charge in [0.25, 0.3) is 0 Å². The van der Waals surface area contributed by atoms with Crippen LogP contribution in [0.5, 0.6) is 0 Å². The number of fused-ring (bicyclic) bond motifs is 1. The Morgan fingerprint density at radius 2 is 1.95 bits per heavy atom. The number of carbonyl (C=O) groups is 1. The Morgan fingerprint density at radius 1 is 1.23 bits per heavy atom. The average molecular weight is 295 g/mol. The van der Waals surface area contributed by atoms with Crippen LogP contribution >= 0.6 is 0 Å². The second kappa shape index (κ2) is 5.95. The molecule has 4 nitrogen and oxygen atoms in total. The largest absolute Gasteiger partial charge is 0.491 e. The minimum absolute atomic E-state index is 0.0682. The van der Waals surface area contributed by atoms with Gasteiger partial charge in [0.15, 0.2) is 5.78 Å². The van der Waals surface area contributed by atoms with Crippen LogP contribution in [0.1, 0.15) is 21.5 Å². The summed E-state index contributed by atoms with van der Waals surface area (Å²) < 4.78 is 5.17. The highest BCUT2D eigenvalue weighted by molar-refractivity contribution is 6.61. The number of Topliss-reactive ketones (excluding diaryl/α,β-unsaturated/α-hetero) is 1. The molecule has 0 radical (unpaired) electrons. The third kappa shape index (κ3) is 2.91. The molecule has 2 aromatic rings. The molecule has 0 saturated heterocycles. The first kappa shape index (κ1) is 14.8. The van der Waals surface area contributed by atoms with Gasteiger partial charge in [-0.2, -0.15) is 0 Å². The van der Waals surface area contributed by atoms with E-state index in [1.165, 1.54) is 0 Å². The van der Waals surface area contributed by atoms with E-state index < -0.39 is 7.12 Å². The molecule has 0 amide bonds. The number of benzene rings is 2. The van der Waals surface area contributed by atoms with Crippen LogP contribution in [0.15, 0.2) is 42.5 Å². The molecule has 22 heavy (non-hydrogen) atoms. The molecule has 2 aromatic carbocycles. The molecule has 3 rings (SSSR count). The highest BCUT2D eigenvalue weighted by Crippen LogP contribution is 2.16. The highest BCUT2D eigenvalue weighted by Gasteiger charge is 2.27. The fraction of sp³-hybridized carbons (Fsp3) is 0.235. The van der Waals surface area contributed by atoms with Gasteiger partial charge < -0.3 is 14.6 Å². The third-order valence-corrected chi connectivity index (χ3v) is 3.94. The number of anilines is 1. The molecule has 0 unspecified atom stereocenters. The van der Waals surface area contributed by atoms with E-state index in [2.05, 4.69) is 0 Å². The molecule has 1 heterocycles. The van der Waals surface area contributed by atoms with Gasteiger partial charge in [-0.05, 0) is 40.9 Å². The zero-order chi connectivity index (χ0) is 15.7. The monoisotopic (exact) mass is 295 g/mol. The molecule has 112 valence electrons. The van der Waals surface area contributed by atoms with E-state index in [9.17, 15) is 9.82 Å². The van der Waals surface area contributed by atoms with Crippen molar-refractivity contribution in [3.8, 4) is 0 Å². The van der Waals surface area contributed by atoms with Crippen LogP contribution < -0.4 is 10.4 Å². The Morgan fingerprint density at radius 3 is 2.64 bits per heavy atom. The predicted molar refractivity (Wildman–Crippen MR) is 87.6 cm³/mol. The Hall–Kier alpha value is -2.11. The lowest BCUT2D eigenvalue weighted by Gasteiger charge is -2.12.